The van der Waals surface area contributed by atoms with Gasteiger partial charge in [0.05, 0.1) is 12.3 Å². The van der Waals surface area contributed by atoms with Crippen molar-refractivity contribution >= 4 is 0 Å². The number of hydrogen-bond donors (Lipinski definition) is 1. The highest BCUT2D eigenvalue weighted by Crippen LogP contribution is 2.25. The zero-order valence-corrected chi connectivity index (χ0v) is 13.5. The van der Waals surface area contributed by atoms with E-state index in [0.717, 1.165) is 37.6 Å². The lowest BCUT2D eigenvalue weighted by atomic mass is 9.85. The van der Waals surface area contributed by atoms with Gasteiger partial charge in [-0.3, -0.25) is 4.98 Å². The maximum atomic E-state index is 5.98. The average Bonchev–Trinajstić information content (AvgIpc) is 2.46. The minimum atomic E-state index is 0.630. The maximum absolute atomic E-state index is 5.98. The Bertz CT molecular complexity index is 456. The first-order valence-corrected chi connectivity index (χ1v) is 8.08. The molecule has 0 spiro atoms. The first kappa shape index (κ1) is 16.0. The molecule has 0 bridgehead atoms. The van der Waals surface area contributed by atoms with Crippen LogP contribution in [0.4, 0.5) is 0 Å². The van der Waals surface area contributed by atoms with Crippen LogP contribution in [0.5, 0.6) is 5.75 Å². The minimum absolute atomic E-state index is 0.630. The number of nitrogens with zero attached hydrogens (tertiary/aromatic N) is 1. The Labute approximate surface area is 128 Å². The van der Waals surface area contributed by atoms with Crippen molar-refractivity contribution in [1.82, 2.24) is 10.3 Å². The highest BCUT2D eigenvalue weighted by Gasteiger charge is 2.18. The van der Waals surface area contributed by atoms with E-state index < -0.39 is 0 Å². The molecule has 1 aliphatic rings. The second-order valence-electron chi connectivity index (χ2n) is 6.50. The highest BCUT2D eigenvalue weighted by atomic mass is 16.5. The van der Waals surface area contributed by atoms with E-state index >= 15 is 0 Å². The molecule has 1 aromatic heterocycles. The topological polar surface area (TPSA) is 34.1 Å². The van der Waals surface area contributed by atoms with Gasteiger partial charge in [-0.1, -0.05) is 32.9 Å². The van der Waals surface area contributed by atoms with E-state index in [-0.39, 0.29) is 0 Å². The summed E-state index contributed by atoms with van der Waals surface area (Å²) in [4.78, 5) is 4.39. The van der Waals surface area contributed by atoms with Crippen LogP contribution in [0.15, 0.2) is 30.5 Å². The van der Waals surface area contributed by atoms with E-state index in [1.54, 1.807) is 0 Å². The monoisotopic (exact) mass is 288 g/mol. The lowest BCUT2D eigenvalue weighted by molar-refractivity contribution is 0.198. The van der Waals surface area contributed by atoms with Gasteiger partial charge in [-0.2, -0.15) is 0 Å². The molecule has 0 aliphatic heterocycles. The Morgan fingerprint density at radius 1 is 1.33 bits per heavy atom. The van der Waals surface area contributed by atoms with Gasteiger partial charge in [0.25, 0.3) is 0 Å². The molecule has 1 heterocycles. The fourth-order valence-electron chi connectivity index (χ4n) is 2.57. The molecule has 0 saturated heterocycles. The number of rotatable bonds is 7. The largest absolute Gasteiger partial charge is 0.493 e. The molecule has 0 aromatic carbocycles. The lowest BCUT2D eigenvalue weighted by Gasteiger charge is -2.25. The fraction of sp³-hybridized carbons (Fsp3) is 0.611. The Morgan fingerprint density at radius 3 is 2.90 bits per heavy atom. The van der Waals surface area contributed by atoms with Crippen molar-refractivity contribution in [3.63, 3.8) is 0 Å². The molecule has 21 heavy (non-hydrogen) atoms. The summed E-state index contributed by atoms with van der Waals surface area (Å²) in [6, 6.07) is 4.01. The Balaban J connectivity index is 1.81. The molecule has 1 aromatic rings. The first-order chi connectivity index (χ1) is 10.1. The van der Waals surface area contributed by atoms with Gasteiger partial charge in [-0.05, 0) is 43.2 Å². The first-order valence-electron chi connectivity index (χ1n) is 8.08. The van der Waals surface area contributed by atoms with Crippen molar-refractivity contribution in [1.29, 1.82) is 0 Å². The summed E-state index contributed by atoms with van der Waals surface area (Å²) in [5, 5.41) is 3.41. The van der Waals surface area contributed by atoms with Crippen LogP contribution >= 0.6 is 0 Å². The number of allylic oxidation sites excluding steroid dienone is 2. The quantitative estimate of drug-likeness (QED) is 0.775. The number of ether oxygens (including phenoxy) is 1. The Morgan fingerprint density at radius 2 is 2.14 bits per heavy atom. The van der Waals surface area contributed by atoms with E-state index in [4.69, 9.17) is 4.74 Å². The normalized spacial score (nSPS) is 21.7. The third-order valence-corrected chi connectivity index (χ3v) is 4.03. The van der Waals surface area contributed by atoms with Crippen LogP contribution in [-0.2, 0) is 6.54 Å². The smallest absolute Gasteiger partial charge is 0.122 e. The maximum Gasteiger partial charge on any atom is 0.122 e. The van der Waals surface area contributed by atoms with Crippen LogP contribution in [0.3, 0.4) is 0 Å². The van der Waals surface area contributed by atoms with Crippen LogP contribution in [0.1, 0.15) is 39.3 Å². The zero-order chi connectivity index (χ0) is 15.1. The van der Waals surface area contributed by atoms with Crippen molar-refractivity contribution in [2.75, 3.05) is 13.2 Å². The summed E-state index contributed by atoms with van der Waals surface area (Å²) in [7, 11) is 0. The van der Waals surface area contributed by atoms with Crippen LogP contribution < -0.4 is 10.1 Å². The number of pyridine rings is 1. The highest BCUT2D eigenvalue weighted by molar-refractivity contribution is 5.22. The molecule has 0 saturated carbocycles. The second kappa shape index (κ2) is 8.18. The molecular formula is C18H28N2O. The third-order valence-electron chi connectivity index (χ3n) is 4.03. The van der Waals surface area contributed by atoms with Crippen molar-refractivity contribution < 1.29 is 4.74 Å². The molecule has 2 atom stereocenters. The average molecular weight is 288 g/mol. The summed E-state index contributed by atoms with van der Waals surface area (Å²) in [5.74, 6) is 2.94. The van der Waals surface area contributed by atoms with Gasteiger partial charge < -0.3 is 10.1 Å². The standard InChI is InChI=1S/C18H28N2O/c1-14(2)11-19-12-17-10-18(8-9-20-17)21-13-16-7-5-4-6-15(16)3/h4-5,8-10,14-16,19H,6-7,11-13H2,1-3H3. The molecular weight excluding hydrogens is 260 g/mol. The minimum Gasteiger partial charge on any atom is -0.493 e. The van der Waals surface area contributed by atoms with Crippen molar-refractivity contribution in [2.45, 2.75) is 40.2 Å². The molecule has 2 rings (SSSR count). The lowest BCUT2D eigenvalue weighted by Crippen LogP contribution is -2.21. The molecule has 1 aliphatic carbocycles. The molecule has 1 N–H and O–H groups in total. The van der Waals surface area contributed by atoms with E-state index in [1.165, 1.54) is 6.42 Å². The summed E-state index contributed by atoms with van der Waals surface area (Å²) in [5.41, 5.74) is 1.05. The molecule has 0 amide bonds. The summed E-state index contributed by atoms with van der Waals surface area (Å²) in [6.45, 7) is 9.34. The van der Waals surface area contributed by atoms with Gasteiger partial charge in [0.15, 0.2) is 0 Å². The molecule has 116 valence electrons. The van der Waals surface area contributed by atoms with Gasteiger partial charge in [-0.15, -0.1) is 0 Å². The summed E-state index contributed by atoms with van der Waals surface area (Å²) in [6.07, 6.45) is 8.71. The van der Waals surface area contributed by atoms with Gasteiger partial charge in [-0.25, -0.2) is 0 Å². The van der Waals surface area contributed by atoms with Gasteiger partial charge >= 0.3 is 0 Å². The van der Waals surface area contributed by atoms with Crippen LogP contribution in [-0.4, -0.2) is 18.1 Å². The number of aromatic nitrogens is 1. The predicted molar refractivity (Wildman–Crippen MR) is 87.3 cm³/mol. The second-order valence-corrected chi connectivity index (χ2v) is 6.50. The van der Waals surface area contributed by atoms with E-state index in [2.05, 4.69) is 49.3 Å². The Hall–Kier alpha value is -1.35. The third kappa shape index (κ3) is 5.50. The van der Waals surface area contributed by atoms with Crippen molar-refractivity contribution in [3.8, 4) is 5.75 Å². The molecule has 3 nitrogen and oxygen atoms in total. The summed E-state index contributed by atoms with van der Waals surface area (Å²) >= 11 is 0. The molecule has 0 radical (unpaired) electrons. The van der Waals surface area contributed by atoms with Crippen molar-refractivity contribution in [2.24, 2.45) is 17.8 Å². The molecule has 0 fully saturated rings. The van der Waals surface area contributed by atoms with E-state index in [0.29, 0.717) is 17.8 Å². The van der Waals surface area contributed by atoms with E-state index in [9.17, 15) is 0 Å². The van der Waals surface area contributed by atoms with Gasteiger partial charge in [0.1, 0.15) is 5.75 Å². The number of hydrogen-bond acceptors (Lipinski definition) is 3. The van der Waals surface area contributed by atoms with Gasteiger partial charge in [0.2, 0.25) is 0 Å². The van der Waals surface area contributed by atoms with Gasteiger partial charge in [0, 0.05) is 18.8 Å². The zero-order valence-electron chi connectivity index (χ0n) is 13.5. The molecule has 3 heteroatoms. The van der Waals surface area contributed by atoms with Crippen molar-refractivity contribution in [3.05, 3.63) is 36.2 Å². The molecule has 2 unspecified atom stereocenters. The number of nitrogens with one attached hydrogen (secondary N) is 1. The van der Waals surface area contributed by atoms with Crippen LogP contribution in [0.25, 0.3) is 0 Å². The Kier molecular flexibility index (Phi) is 6.24. The summed E-state index contributed by atoms with van der Waals surface area (Å²) < 4.78 is 5.98. The van der Waals surface area contributed by atoms with Crippen LogP contribution in [0, 0.1) is 17.8 Å². The SMILES string of the molecule is CC(C)CNCc1cc(OCC2CC=CCC2C)ccn1. The fourth-order valence-corrected chi connectivity index (χ4v) is 2.57. The van der Waals surface area contributed by atoms with Crippen LogP contribution in [0.2, 0.25) is 0 Å². The van der Waals surface area contributed by atoms with E-state index in [1.807, 2.05) is 12.3 Å². The predicted octanol–water partition coefficient (Wildman–Crippen LogP) is 3.81.